The SMILES string of the molecule is CCCCCOc1ccc(C(=O)NC(C)(CC)C(=O)OC)cc1. The quantitative estimate of drug-likeness (QED) is 0.560. The molecular formula is C18H27NO4. The van der Waals surface area contributed by atoms with Gasteiger partial charge in [-0.05, 0) is 44.0 Å². The highest BCUT2D eigenvalue weighted by molar-refractivity contribution is 5.98. The Morgan fingerprint density at radius 3 is 2.30 bits per heavy atom. The fraction of sp³-hybridized carbons (Fsp3) is 0.556. The van der Waals surface area contributed by atoms with Gasteiger partial charge in [-0.25, -0.2) is 4.79 Å². The Balaban J connectivity index is 2.65. The van der Waals surface area contributed by atoms with Crippen LogP contribution < -0.4 is 10.1 Å². The van der Waals surface area contributed by atoms with E-state index in [9.17, 15) is 9.59 Å². The number of methoxy groups -OCH3 is 1. The van der Waals surface area contributed by atoms with Crippen molar-refractivity contribution in [3.05, 3.63) is 29.8 Å². The van der Waals surface area contributed by atoms with E-state index in [-0.39, 0.29) is 5.91 Å². The van der Waals surface area contributed by atoms with Gasteiger partial charge in [-0.2, -0.15) is 0 Å². The molecule has 5 nitrogen and oxygen atoms in total. The fourth-order valence-corrected chi connectivity index (χ4v) is 2.08. The van der Waals surface area contributed by atoms with Gasteiger partial charge in [0.25, 0.3) is 5.91 Å². The van der Waals surface area contributed by atoms with Crippen molar-refractivity contribution in [1.29, 1.82) is 0 Å². The molecule has 0 aliphatic rings. The van der Waals surface area contributed by atoms with Crippen molar-refractivity contribution in [3.63, 3.8) is 0 Å². The largest absolute Gasteiger partial charge is 0.494 e. The van der Waals surface area contributed by atoms with E-state index in [1.54, 1.807) is 31.2 Å². The van der Waals surface area contributed by atoms with Gasteiger partial charge in [0.05, 0.1) is 13.7 Å². The molecule has 1 rings (SSSR count). The number of carbonyl (C=O) groups excluding carboxylic acids is 2. The van der Waals surface area contributed by atoms with E-state index in [2.05, 4.69) is 12.2 Å². The summed E-state index contributed by atoms with van der Waals surface area (Å²) in [4.78, 5) is 24.1. The summed E-state index contributed by atoms with van der Waals surface area (Å²) < 4.78 is 10.4. The maximum absolute atomic E-state index is 12.3. The van der Waals surface area contributed by atoms with Crippen LogP contribution in [0.2, 0.25) is 0 Å². The first-order valence-electron chi connectivity index (χ1n) is 8.10. The summed E-state index contributed by atoms with van der Waals surface area (Å²) in [6.07, 6.45) is 3.76. The molecule has 1 aromatic rings. The Hall–Kier alpha value is -2.04. The summed E-state index contributed by atoms with van der Waals surface area (Å²) in [6, 6.07) is 6.92. The van der Waals surface area contributed by atoms with Gasteiger partial charge in [0.15, 0.2) is 0 Å². The summed E-state index contributed by atoms with van der Waals surface area (Å²) in [7, 11) is 1.31. The predicted molar refractivity (Wildman–Crippen MR) is 89.6 cm³/mol. The first kappa shape index (κ1) is 19.0. The molecule has 0 saturated carbocycles. The van der Waals surface area contributed by atoms with Gasteiger partial charge >= 0.3 is 5.97 Å². The van der Waals surface area contributed by atoms with Crippen LogP contribution in [0.1, 0.15) is 56.8 Å². The molecule has 0 aliphatic carbocycles. The minimum Gasteiger partial charge on any atom is -0.494 e. The van der Waals surface area contributed by atoms with E-state index in [0.717, 1.165) is 25.0 Å². The van der Waals surface area contributed by atoms with Gasteiger partial charge in [0.2, 0.25) is 0 Å². The lowest BCUT2D eigenvalue weighted by Crippen LogP contribution is -2.52. The molecule has 0 saturated heterocycles. The molecule has 1 aromatic carbocycles. The molecule has 0 fully saturated rings. The molecule has 5 heteroatoms. The smallest absolute Gasteiger partial charge is 0.331 e. The molecule has 23 heavy (non-hydrogen) atoms. The van der Waals surface area contributed by atoms with Gasteiger partial charge in [-0.1, -0.05) is 26.7 Å². The molecule has 0 aromatic heterocycles. The molecule has 1 amide bonds. The van der Waals surface area contributed by atoms with E-state index in [1.807, 2.05) is 6.92 Å². The van der Waals surface area contributed by atoms with Gasteiger partial charge in [-0.15, -0.1) is 0 Å². The first-order valence-corrected chi connectivity index (χ1v) is 8.10. The zero-order valence-corrected chi connectivity index (χ0v) is 14.5. The monoisotopic (exact) mass is 321 g/mol. The van der Waals surface area contributed by atoms with Gasteiger partial charge in [0, 0.05) is 5.56 Å². The van der Waals surface area contributed by atoms with Crippen LogP contribution in [0.4, 0.5) is 0 Å². The number of hydrogen-bond acceptors (Lipinski definition) is 4. The van der Waals surface area contributed by atoms with E-state index in [0.29, 0.717) is 18.6 Å². The molecular weight excluding hydrogens is 294 g/mol. The molecule has 0 bridgehead atoms. The normalized spacial score (nSPS) is 13.0. The number of nitrogens with one attached hydrogen (secondary N) is 1. The van der Waals surface area contributed by atoms with Crippen LogP contribution in [0.3, 0.4) is 0 Å². The highest BCUT2D eigenvalue weighted by Gasteiger charge is 2.34. The number of unbranched alkanes of at least 4 members (excludes halogenated alkanes) is 2. The lowest BCUT2D eigenvalue weighted by atomic mass is 9.98. The van der Waals surface area contributed by atoms with Crippen molar-refractivity contribution >= 4 is 11.9 Å². The number of hydrogen-bond donors (Lipinski definition) is 1. The second kappa shape index (κ2) is 9.18. The predicted octanol–water partition coefficient (Wildman–Crippen LogP) is 3.33. The van der Waals surface area contributed by atoms with Crippen molar-refractivity contribution in [2.75, 3.05) is 13.7 Å². The average Bonchev–Trinajstić information content (AvgIpc) is 2.58. The second-order valence-electron chi connectivity index (χ2n) is 5.71. The van der Waals surface area contributed by atoms with Crippen LogP contribution >= 0.6 is 0 Å². The third-order valence-electron chi connectivity index (χ3n) is 3.87. The summed E-state index contributed by atoms with van der Waals surface area (Å²) in [6.45, 7) is 6.30. The van der Waals surface area contributed by atoms with Crippen LogP contribution in [0, 0.1) is 0 Å². The summed E-state index contributed by atoms with van der Waals surface area (Å²) in [5.74, 6) is -0.0228. The highest BCUT2D eigenvalue weighted by atomic mass is 16.5. The number of carbonyl (C=O) groups is 2. The van der Waals surface area contributed by atoms with E-state index >= 15 is 0 Å². The first-order chi connectivity index (χ1) is 11.0. The Kier molecular flexibility index (Phi) is 7.59. The second-order valence-corrected chi connectivity index (χ2v) is 5.71. The summed E-state index contributed by atoms with van der Waals surface area (Å²) in [5.41, 5.74) is -0.546. The van der Waals surface area contributed by atoms with Crippen molar-refractivity contribution in [3.8, 4) is 5.75 Å². The molecule has 1 atom stereocenters. The number of esters is 1. The van der Waals surface area contributed by atoms with Crippen molar-refractivity contribution < 1.29 is 19.1 Å². The molecule has 0 heterocycles. The number of rotatable bonds is 9. The highest BCUT2D eigenvalue weighted by Crippen LogP contribution is 2.16. The van der Waals surface area contributed by atoms with Crippen molar-refractivity contribution in [1.82, 2.24) is 5.32 Å². The van der Waals surface area contributed by atoms with E-state index < -0.39 is 11.5 Å². The minimum atomic E-state index is -1.03. The summed E-state index contributed by atoms with van der Waals surface area (Å²) in [5, 5.41) is 2.74. The van der Waals surface area contributed by atoms with Gasteiger partial charge in [-0.3, -0.25) is 4.79 Å². The third-order valence-corrected chi connectivity index (χ3v) is 3.87. The van der Waals surface area contributed by atoms with E-state index in [4.69, 9.17) is 9.47 Å². The Morgan fingerprint density at radius 2 is 1.78 bits per heavy atom. The molecule has 0 radical (unpaired) electrons. The number of ether oxygens (including phenoxy) is 2. The standard InChI is InChI=1S/C18H27NO4/c1-5-7-8-13-23-15-11-9-14(10-12-15)16(20)19-18(3,6-2)17(21)22-4/h9-12H,5-8,13H2,1-4H3,(H,19,20). The summed E-state index contributed by atoms with van der Waals surface area (Å²) >= 11 is 0. The third kappa shape index (κ3) is 5.58. The lowest BCUT2D eigenvalue weighted by molar-refractivity contribution is -0.147. The number of benzene rings is 1. The Bertz CT molecular complexity index is 512. The molecule has 0 aliphatic heterocycles. The zero-order chi connectivity index (χ0) is 17.3. The topological polar surface area (TPSA) is 64.6 Å². The van der Waals surface area contributed by atoms with Crippen molar-refractivity contribution in [2.45, 2.75) is 52.0 Å². The van der Waals surface area contributed by atoms with E-state index in [1.165, 1.54) is 7.11 Å². The van der Waals surface area contributed by atoms with Crippen molar-refractivity contribution in [2.24, 2.45) is 0 Å². The zero-order valence-electron chi connectivity index (χ0n) is 14.5. The molecule has 128 valence electrons. The Morgan fingerprint density at radius 1 is 1.13 bits per heavy atom. The van der Waals surface area contributed by atoms with Gasteiger partial charge < -0.3 is 14.8 Å². The van der Waals surface area contributed by atoms with Crippen LogP contribution in [0.15, 0.2) is 24.3 Å². The number of amides is 1. The van der Waals surface area contributed by atoms with Crippen LogP contribution in [-0.2, 0) is 9.53 Å². The fourth-order valence-electron chi connectivity index (χ4n) is 2.08. The van der Waals surface area contributed by atoms with Gasteiger partial charge in [0.1, 0.15) is 11.3 Å². The molecule has 1 unspecified atom stereocenters. The maximum Gasteiger partial charge on any atom is 0.331 e. The van der Waals surface area contributed by atoms with Crippen LogP contribution in [-0.4, -0.2) is 31.1 Å². The van der Waals surface area contributed by atoms with Crippen LogP contribution in [0.5, 0.6) is 5.75 Å². The minimum absolute atomic E-state index is 0.308. The van der Waals surface area contributed by atoms with Crippen LogP contribution in [0.25, 0.3) is 0 Å². The lowest BCUT2D eigenvalue weighted by Gasteiger charge is -2.26. The maximum atomic E-state index is 12.3. The molecule has 1 N–H and O–H groups in total. The Labute approximate surface area is 138 Å². The molecule has 0 spiro atoms. The average molecular weight is 321 g/mol.